The van der Waals surface area contributed by atoms with E-state index in [1.807, 2.05) is 7.05 Å². The average Bonchev–Trinajstić information content (AvgIpc) is 2.84. The van der Waals surface area contributed by atoms with Crippen LogP contribution in [0, 0.1) is 28.6 Å². The van der Waals surface area contributed by atoms with Crippen LogP contribution in [-0.2, 0) is 9.53 Å². The third-order valence-electron chi connectivity index (χ3n) is 8.73. The molecular formula is C22H35NO3. The molecule has 3 fully saturated rings. The number of likely N-dealkylation sites (N-methyl/N-ethyl adjacent to an activating group) is 1. The quantitative estimate of drug-likeness (QED) is 0.584. The number of allylic oxidation sites excluding steroid dienone is 1. The van der Waals surface area contributed by atoms with Gasteiger partial charge in [-0.1, -0.05) is 25.5 Å². The molecule has 4 aliphatic carbocycles. The zero-order chi connectivity index (χ0) is 18.7. The van der Waals surface area contributed by atoms with E-state index in [1.165, 1.54) is 25.3 Å². The number of hydrogen-bond donors (Lipinski definition) is 2. The van der Waals surface area contributed by atoms with Crippen molar-refractivity contribution in [1.29, 1.82) is 0 Å². The van der Waals surface area contributed by atoms with Crippen molar-refractivity contribution in [2.45, 2.75) is 84.0 Å². The highest BCUT2D eigenvalue weighted by molar-refractivity contribution is 5.66. The van der Waals surface area contributed by atoms with Gasteiger partial charge >= 0.3 is 5.97 Å². The average molecular weight is 362 g/mol. The number of carbonyl (C=O) groups is 1. The van der Waals surface area contributed by atoms with Crippen molar-refractivity contribution in [2.24, 2.45) is 28.6 Å². The molecule has 0 saturated heterocycles. The first-order chi connectivity index (χ1) is 12.3. The SMILES string of the molecule is CNC1C(O)C[C@H]2[C@@H]3CC=C4CC(OC(C)=O)CC[C@]4(C)[C@@H]3CC[C@]12C. The molecule has 4 nitrogen and oxygen atoms in total. The summed E-state index contributed by atoms with van der Waals surface area (Å²) in [5.74, 6) is 1.84. The molecule has 2 N–H and O–H groups in total. The first-order valence-electron chi connectivity index (χ1n) is 10.5. The Morgan fingerprint density at radius 1 is 1.27 bits per heavy atom. The topological polar surface area (TPSA) is 58.6 Å². The molecule has 0 aromatic heterocycles. The summed E-state index contributed by atoms with van der Waals surface area (Å²) >= 11 is 0. The first-order valence-corrected chi connectivity index (χ1v) is 10.5. The van der Waals surface area contributed by atoms with Crippen LogP contribution in [0.4, 0.5) is 0 Å². The summed E-state index contributed by atoms with van der Waals surface area (Å²) in [6.45, 7) is 6.39. The molecule has 0 aromatic carbocycles. The number of esters is 1. The summed E-state index contributed by atoms with van der Waals surface area (Å²) in [5.41, 5.74) is 2.00. The lowest BCUT2D eigenvalue weighted by Crippen LogP contribution is -2.53. The Morgan fingerprint density at radius 2 is 2.04 bits per heavy atom. The highest BCUT2D eigenvalue weighted by Crippen LogP contribution is 2.64. The maximum Gasteiger partial charge on any atom is 0.302 e. The fourth-order valence-electron chi connectivity index (χ4n) is 7.50. The summed E-state index contributed by atoms with van der Waals surface area (Å²) in [7, 11) is 2.00. The predicted octanol–water partition coefficient (Wildman–Crippen LogP) is 3.44. The summed E-state index contributed by atoms with van der Waals surface area (Å²) in [5, 5.41) is 14.1. The minimum atomic E-state index is -0.216. The Labute approximate surface area is 157 Å². The van der Waals surface area contributed by atoms with E-state index in [0.717, 1.165) is 32.1 Å². The second-order valence-corrected chi connectivity index (χ2v) is 9.85. The molecular weight excluding hydrogens is 326 g/mol. The molecule has 0 aromatic rings. The van der Waals surface area contributed by atoms with E-state index < -0.39 is 0 Å². The molecule has 146 valence electrons. The van der Waals surface area contributed by atoms with Gasteiger partial charge in [-0.3, -0.25) is 4.79 Å². The largest absolute Gasteiger partial charge is 0.462 e. The van der Waals surface area contributed by atoms with E-state index in [4.69, 9.17) is 4.74 Å². The number of nitrogens with one attached hydrogen (secondary N) is 1. The van der Waals surface area contributed by atoms with Gasteiger partial charge in [-0.25, -0.2) is 0 Å². The van der Waals surface area contributed by atoms with Gasteiger partial charge in [0.1, 0.15) is 6.10 Å². The third-order valence-corrected chi connectivity index (χ3v) is 8.73. The number of fused-ring (bicyclic) bond motifs is 5. The van der Waals surface area contributed by atoms with Crippen molar-refractivity contribution in [3.05, 3.63) is 11.6 Å². The first kappa shape index (κ1) is 18.5. The van der Waals surface area contributed by atoms with E-state index in [9.17, 15) is 9.90 Å². The summed E-state index contributed by atoms with van der Waals surface area (Å²) in [6.07, 6.45) is 9.90. The molecule has 0 heterocycles. The Bertz CT molecular complexity index is 617. The number of carbonyl (C=O) groups excluding carboxylic acids is 1. The van der Waals surface area contributed by atoms with Crippen molar-refractivity contribution in [3.8, 4) is 0 Å². The molecule has 0 amide bonds. The molecule has 0 aliphatic heterocycles. The number of ether oxygens (including phenoxy) is 1. The standard InChI is InChI=1S/C22H35NO3/c1-13(24)26-15-7-9-21(2)14(11-15)5-6-16-17(21)8-10-22(3)18(16)12-19(25)20(22)23-4/h5,15-20,23,25H,6-12H2,1-4H3/t15?,16-,17-,18+,19?,20?,21+,22+/m1/s1. The highest BCUT2D eigenvalue weighted by Gasteiger charge is 2.60. The molecule has 8 atom stereocenters. The normalized spacial score (nSPS) is 50.3. The third kappa shape index (κ3) is 2.59. The van der Waals surface area contributed by atoms with Crippen LogP contribution in [0.25, 0.3) is 0 Å². The van der Waals surface area contributed by atoms with Gasteiger partial charge in [0.05, 0.1) is 6.10 Å². The number of aliphatic hydroxyl groups excluding tert-OH is 1. The Balaban J connectivity index is 1.59. The van der Waals surface area contributed by atoms with Gasteiger partial charge < -0.3 is 15.2 Å². The Morgan fingerprint density at radius 3 is 2.73 bits per heavy atom. The molecule has 3 saturated carbocycles. The fraction of sp³-hybridized carbons (Fsp3) is 0.864. The van der Waals surface area contributed by atoms with Gasteiger partial charge in [0.2, 0.25) is 0 Å². The monoisotopic (exact) mass is 361 g/mol. The fourth-order valence-corrected chi connectivity index (χ4v) is 7.50. The van der Waals surface area contributed by atoms with Crippen LogP contribution >= 0.6 is 0 Å². The van der Waals surface area contributed by atoms with Crippen LogP contribution in [0.2, 0.25) is 0 Å². The molecule has 0 bridgehead atoms. The second-order valence-electron chi connectivity index (χ2n) is 9.85. The summed E-state index contributed by atoms with van der Waals surface area (Å²) in [6, 6.07) is 0.228. The van der Waals surface area contributed by atoms with E-state index in [1.54, 1.807) is 0 Å². The molecule has 0 radical (unpaired) electrons. The van der Waals surface area contributed by atoms with Gasteiger partial charge in [-0.05, 0) is 74.2 Å². The van der Waals surface area contributed by atoms with Crippen LogP contribution < -0.4 is 5.32 Å². The molecule has 4 rings (SSSR count). The molecule has 4 heteroatoms. The van der Waals surface area contributed by atoms with E-state index >= 15 is 0 Å². The number of aliphatic hydroxyl groups is 1. The van der Waals surface area contributed by atoms with Gasteiger partial charge in [0, 0.05) is 19.4 Å². The lowest BCUT2D eigenvalue weighted by atomic mass is 9.48. The molecule has 4 aliphatic rings. The van der Waals surface area contributed by atoms with Crippen molar-refractivity contribution < 1.29 is 14.6 Å². The van der Waals surface area contributed by atoms with Crippen LogP contribution in [0.3, 0.4) is 0 Å². The molecule has 3 unspecified atom stereocenters. The van der Waals surface area contributed by atoms with E-state index in [0.29, 0.717) is 17.8 Å². The zero-order valence-electron chi connectivity index (χ0n) is 16.8. The minimum Gasteiger partial charge on any atom is -0.462 e. The Hall–Kier alpha value is -0.870. The lowest BCUT2D eigenvalue weighted by molar-refractivity contribution is -0.148. The van der Waals surface area contributed by atoms with Crippen molar-refractivity contribution in [3.63, 3.8) is 0 Å². The van der Waals surface area contributed by atoms with Crippen LogP contribution in [0.1, 0.15) is 65.7 Å². The van der Waals surface area contributed by atoms with Crippen molar-refractivity contribution in [2.75, 3.05) is 7.05 Å². The van der Waals surface area contributed by atoms with Gasteiger partial charge in [-0.15, -0.1) is 0 Å². The van der Waals surface area contributed by atoms with Crippen molar-refractivity contribution >= 4 is 5.97 Å². The second kappa shape index (κ2) is 6.34. The number of hydrogen-bond acceptors (Lipinski definition) is 4. The summed E-state index contributed by atoms with van der Waals surface area (Å²) in [4.78, 5) is 11.4. The van der Waals surface area contributed by atoms with E-state index in [2.05, 4.69) is 25.2 Å². The lowest BCUT2D eigenvalue weighted by Gasteiger charge is -2.58. The van der Waals surface area contributed by atoms with Crippen molar-refractivity contribution in [1.82, 2.24) is 5.32 Å². The van der Waals surface area contributed by atoms with Gasteiger partial charge in [-0.2, -0.15) is 0 Å². The smallest absolute Gasteiger partial charge is 0.302 e. The molecule has 26 heavy (non-hydrogen) atoms. The zero-order valence-corrected chi connectivity index (χ0v) is 16.8. The minimum absolute atomic E-state index is 0.0687. The summed E-state index contributed by atoms with van der Waals surface area (Å²) < 4.78 is 5.53. The maximum absolute atomic E-state index is 11.4. The van der Waals surface area contributed by atoms with Gasteiger partial charge in [0.25, 0.3) is 0 Å². The van der Waals surface area contributed by atoms with Crippen LogP contribution in [0.5, 0.6) is 0 Å². The van der Waals surface area contributed by atoms with E-state index in [-0.39, 0.29) is 35.0 Å². The van der Waals surface area contributed by atoms with Gasteiger partial charge in [0.15, 0.2) is 0 Å². The number of rotatable bonds is 2. The molecule has 0 spiro atoms. The highest BCUT2D eigenvalue weighted by atomic mass is 16.5. The maximum atomic E-state index is 11.4. The Kier molecular flexibility index (Phi) is 4.51. The van der Waals surface area contributed by atoms with Crippen LogP contribution in [-0.4, -0.2) is 36.4 Å². The van der Waals surface area contributed by atoms with Crippen LogP contribution in [0.15, 0.2) is 11.6 Å². The predicted molar refractivity (Wildman–Crippen MR) is 101 cm³/mol.